The van der Waals surface area contributed by atoms with Gasteiger partial charge in [-0.05, 0) is 30.0 Å². The number of thiazole rings is 1. The van der Waals surface area contributed by atoms with Crippen LogP contribution in [0.2, 0.25) is 0 Å². The highest BCUT2D eigenvalue weighted by atomic mass is 79.9. The summed E-state index contributed by atoms with van der Waals surface area (Å²) in [5, 5.41) is 1.17. The van der Waals surface area contributed by atoms with Crippen molar-refractivity contribution in [2.24, 2.45) is 11.1 Å². The lowest BCUT2D eigenvalue weighted by Crippen LogP contribution is -2.19. The van der Waals surface area contributed by atoms with Crippen molar-refractivity contribution >= 4 is 37.5 Å². The number of aromatic nitrogens is 1. The summed E-state index contributed by atoms with van der Waals surface area (Å²) in [5.41, 5.74) is 7.28. The average Bonchev–Trinajstić information content (AvgIpc) is 2.67. The lowest BCUT2D eigenvalue weighted by Gasteiger charge is -2.23. The van der Waals surface area contributed by atoms with Crippen LogP contribution in [0.3, 0.4) is 0 Å². The second kappa shape index (κ2) is 5.27. The van der Waals surface area contributed by atoms with E-state index in [4.69, 9.17) is 10.7 Å². The highest BCUT2D eigenvalue weighted by molar-refractivity contribution is 9.10. The molecule has 0 aliphatic rings. The van der Waals surface area contributed by atoms with Crippen molar-refractivity contribution in [1.29, 1.82) is 0 Å². The Morgan fingerprint density at radius 2 is 2.11 bits per heavy atom. The van der Waals surface area contributed by atoms with Crippen LogP contribution in [0.25, 0.3) is 10.2 Å². The van der Waals surface area contributed by atoms with Gasteiger partial charge in [0.05, 0.1) is 15.2 Å². The molecule has 18 heavy (non-hydrogen) atoms. The van der Waals surface area contributed by atoms with E-state index in [-0.39, 0.29) is 5.41 Å². The average molecular weight is 327 g/mol. The van der Waals surface area contributed by atoms with Crippen LogP contribution in [-0.2, 0) is 0 Å². The van der Waals surface area contributed by atoms with Gasteiger partial charge in [0.25, 0.3) is 0 Å². The van der Waals surface area contributed by atoms with Gasteiger partial charge in [-0.1, -0.05) is 36.7 Å². The molecule has 0 saturated carbocycles. The molecule has 0 bridgehead atoms. The molecule has 0 radical (unpaired) electrons. The predicted octanol–water partition coefficient (Wildman–Crippen LogP) is 4.54. The smallest absolute Gasteiger partial charge is 0.0982 e. The summed E-state index contributed by atoms with van der Waals surface area (Å²) < 4.78 is 2.33. The largest absolute Gasteiger partial charge is 0.330 e. The van der Waals surface area contributed by atoms with Gasteiger partial charge in [-0.2, -0.15) is 0 Å². The van der Waals surface area contributed by atoms with E-state index in [1.54, 1.807) is 11.3 Å². The summed E-state index contributed by atoms with van der Waals surface area (Å²) in [6.45, 7) is 7.41. The molecule has 2 aromatic rings. The van der Waals surface area contributed by atoms with Crippen LogP contribution < -0.4 is 5.73 Å². The molecule has 1 atom stereocenters. The van der Waals surface area contributed by atoms with E-state index in [0.717, 1.165) is 16.4 Å². The fourth-order valence-corrected chi connectivity index (χ4v) is 3.73. The van der Waals surface area contributed by atoms with Crippen LogP contribution in [0.15, 0.2) is 22.7 Å². The van der Waals surface area contributed by atoms with Crippen LogP contribution in [0.5, 0.6) is 0 Å². The van der Waals surface area contributed by atoms with E-state index >= 15 is 0 Å². The number of hydrogen-bond acceptors (Lipinski definition) is 3. The Hall–Kier alpha value is -0.450. The molecule has 1 aromatic carbocycles. The summed E-state index contributed by atoms with van der Waals surface area (Å²) >= 11 is 5.26. The number of halogens is 1. The van der Waals surface area contributed by atoms with Crippen molar-refractivity contribution in [3.8, 4) is 0 Å². The zero-order valence-corrected chi connectivity index (χ0v) is 13.4. The van der Waals surface area contributed by atoms with E-state index < -0.39 is 0 Å². The second-order valence-electron chi connectivity index (χ2n) is 5.86. The summed E-state index contributed by atoms with van der Waals surface area (Å²) in [5.74, 6) is 0.362. The van der Waals surface area contributed by atoms with Gasteiger partial charge in [0.1, 0.15) is 0 Å². The number of fused-ring (bicyclic) bond motifs is 1. The number of hydrogen-bond donors (Lipinski definition) is 1. The maximum Gasteiger partial charge on any atom is 0.0982 e. The third-order valence-corrected chi connectivity index (χ3v) is 4.53. The van der Waals surface area contributed by atoms with Crippen molar-refractivity contribution in [3.63, 3.8) is 0 Å². The molecule has 1 aromatic heterocycles. The number of nitrogens with two attached hydrogens (primary N) is 1. The zero-order valence-electron chi connectivity index (χ0n) is 11.0. The molecule has 0 fully saturated rings. The van der Waals surface area contributed by atoms with Gasteiger partial charge >= 0.3 is 0 Å². The SMILES string of the molecule is CC(C)(C)CC(CN)c1nc2ccc(Br)cc2s1. The van der Waals surface area contributed by atoms with Gasteiger partial charge in [-0.3, -0.25) is 0 Å². The van der Waals surface area contributed by atoms with Crippen LogP contribution in [0.1, 0.15) is 38.1 Å². The Labute approximate surface area is 121 Å². The van der Waals surface area contributed by atoms with Crippen molar-refractivity contribution in [2.45, 2.75) is 33.1 Å². The van der Waals surface area contributed by atoms with Gasteiger partial charge < -0.3 is 5.73 Å². The molecule has 2 rings (SSSR count). The molecular weight excluding hydrogens is 308 g/mol. The standard InChI is InChI=1S/C14H19BrN2S/c1-14(2,3)7-9(8-16)13-17-11-5-4-10(15)6-12(11)18-13/h4-6,9H,7-8,16H2,1-3H3. The van der Waals surface area contributed by atoms with Crippen molar-refractivity contribution < 1.29 is 0 Å². The van der Waals surface area contributed by atoms with Gasteiger partial charge in [0, 0.05) is 16.9 Å². The lowest BCUT2D eigenvalue weighted by atomic mass is 9.85. The molecule has 0 spiro atoms. The molecule has 0 aliphatic carbocycles. The predicted molar refractivity (Wildman–Crippen MR) is 83.2 cm³/mol. The third-order valence-electron chi connectivity index (χ3n) is 2.86. The minimum atomic E-state index is 0.280. The molecule has 2 nitrogen and oxygen atoms in total. The Bertz CT molecular complexity index is 542. The Kier molecular flexibility index (Phi) is 4.09. The van der Waals surface area contributed by atoms with Crippen molar-refractivity contribution in [2.75, 3.05) is 6.54 Å². The Morgan fingerprint density at radius 1 is 1.39 bits per heavy atom. The van der Waals surface area contributed by atoms with Gasteiger partial charge in [0.15, 0.2) is 0 Å². The molecule has 1 unspecified atom stereocenters. The van der Waals surface area contributed by atoms with E-state index in [1.165, 1.54) is 9.71 Å². The minimum absolute atomic E-state index is 0.280. The van der Waals surface area contributed by atoms with E-state index in [0.29, 0.717) is 12.5 Å². The molecule has 0 aliphatic heterocycles. The Balaban J connectivity index is 2.34. The first-order valence-corrected chi connectivity index (χ1v) is 7.76. The summed E-state index contributed by atoms with van der Waals surface area (Å²) in [6, 6.07) is 6.22. The highest BCUT2D eigenvalue weighted by Crippen LogP contribution is 2.35. The molecule has 0 amide bonds. The minimum Gasteiger partial charge on any atom is -0.330 e. The van der Waals surface area contributed by atoms with Crippen LogP contribution in [0.4, 0.5) is 0 Å². The summed E-state index contributed by atoms with van der Waals surface area (Å²) in [6.07, 6.45) is 1.07. The number of benzene rings is 1. The fraction of sp³-hybridized carbons (Fsp3) is 0.500. The van der Waals surface area contributed by atoms with Crippen LogP contribution in [0, 0.1) is 5.41 Å². The first-order valence-electron chi connectivity index (χ1n) is 6.15. The molecule has 1 heterocycles. The van der Waals surface area contributed by atoms with Gasteiger partial charge in [-0.25, -0.2) is 4.98 Å². The maximum atomic E-state index is 5.92. The first kappa shape index (κ1) is 14.0. The lowest BCUT2D eigenvalue weighted by molar-refractivity contribution is 0.341. The van der Waals surface area contributed by atoms with Crippen LogP contribution >= 0.6 is 27.3 Å². The molecule has 0 saturated heterocycles. The number of rotatable bonds is 3. The quantitative estimate of drug-likeness (QED) is 0.899. The Morgan fingerprint density at radius 3 is 2.72 bits per heavy atom. The van der Waals surface area contributed by atoms with E-state index in [2.05, 4.69) is 48.8 Å². The summed E-state index contributed by atoms with van der Waals surface area (Å²) in [7, 11) is 0. The fourth-order valence-electron chi connectivity index (χ4n) is 2.10. The third kappa shape index (κ3) is 3.31. The zero-order chi connectivity index (χ0) is 13.3. The molecule has 98 valence electrons. The first-order chi connectivity index (χ1) is 8.39. The normalized spacial score (nSPS) is 14.1. The monoisotopic (exact) mass is 326 g/mol. The molecular formula is C14H19BrN2S. The maximum absolute atomic E-state index is 5.92. The topological polar surface area (TPSA) is 38.9 Å². The van der Waals surface area contributed by atoms with Crippen molar-refractivity contribution in [3.05, 3.63) is 27.7 Å². The highest BCUT2D eigenvalue weighted by Gasteiger charge is 2.22. The molecule has 2 N–H and O–H groups in total. The van der Waals surface area contributed by atoms with E-state index in [1.807, 2.05) is 6.07 Å². The van der Waals surface area contributed by atoms with E-state index in [9.17, 15) is 0 Å². The van der Waals surface area contributed by atoms with Crippen molar-refractivity contribution in [1.82, 2.24) is 4.98 Å². The second-order valence-corrected chi connectivity index (χ2v) is 7.84. The summed E-state index contributed by atoms with van der Waals surface area (Å²) in [4.78, 5) is 4.73. The molecule has 4 heteroatoms. The van der Waals surface area contributed by atoms with Crippen LogP contribution in [-0.4, -0.2) is 11.5 Å². The van der Waals surface area contributed by atoms with Gasteiger partial charge in [0.2, 0.25) is 0 Å². The van der Waals surface area contributed by atoms with Gasteiger partial charge in [-0.15, -0.1) is 11.3 Å². The number of nitrogens with zero attached hydrogens (tertiary/aromatic N) is 1.